The summed E-state index contributed by atoms with van der Waals surface area (Å²) in [4.78, 5) is 49.1. The largest absolute Gasteiger partial charge is 0.452 e. The molecular weight excluding hydrogens is 362 g/mol. The second-order valence-electron chi connectivity index (χ2n) is 7.66. The summed E-state index contributed by atoms with van der Waals surface area (Å²) in [5, 5.41) is 3.41. The van der Waals surface area contributed by atoms with E-state index in [0.29, 0.717) is 23.4 Å². The Kier molecular flexibility index (Phi) is 4.78. The number of hydrogen-bond donors (Lipinski definition) is 2. The summed E-state index contributed by atoms with van der Waals surface area (Å²) in [5.74, 6) is -1.79. The van der Waals surface area contributed by atoms with E-state index in [2.05, 4.69) is 10.7 Å². The first-order chi connectivity index (χ1) is 13.5. The van der Waals surface area contributed by atoms with Crippen LogP contribution in [0, 0.1) is 0 Å². The minimum absolute atomic E-state index is 0.393. The van der Waals surface area contributed by atoms with Crippen LogP contribution in [-0.4, -0.2) is 41.0 Å². The molecule has 1 aromatic rings. The normalized spacial score (nSPS) is 20.1. The summed E-state index contributed by atoms with van der Waals surface area (Å²) in [6.07, 6.45) is 6.89. The summed E-state index contributed by atoms with van der Waals surface area (Å²) in [6.45, 7) is -0.569. The van der Waals surface area contributed by atoms with Gasteiger partial charge in [0.25, 0.3) is 11.8 Å². The van der Waals surface area contributed by atoms with Crippen molar-refractivity contribution in [3.8, 4) is 0 Å². The Morgan fingerprint density at radius 2 is 1.82 bits per heavy atom. The van der Waals surface area contributed by atoms with Gasteiger partial charge in [0, 0.05) is 0 Å². The monoisotopic (exact) mass is 385 g/mol. The van der Waals surface area contributed by atoms with E-state index in [1.807, 2.05) is 6.07 Å². The van der Waals surface area contributed by atoms with Crippen LogP contribution < -0.4 is 10.7 Å². The molecule has 4 amide bonds. The minimum Gasteiger partial charge on any atom is -0.452 e. The third kappa shape index (κ3) is 3.34. The summed E-state index contributed by atoms with van der Waals surface area (Å²) in [6, 6.07) is 4.75. The van der Waals surface area contributed by atoms with Crippen LogP contribution >= 0.6 is 0 Å². The molecule has 0 aromatic heterocycles. The van der Waals surface area contributed by atoms with Gasteiger partial charge in [-0.3, -0.25) is 15.0 Å². The van der Waals surface area contributed by atoms with Crippen molar-refractivity contribution in [2.45, 2.75) is 56.9 Å². The molecule has 1 saturated carbocycles. The molecule has 8 nitrogen and oxygen atoms in total. The van der Waals surface area contributed by atoms with Crippen molar-refractivity contribution in [1.82, 2.24) is 15.8 Å². The lowest BCUT2D eigenvalue weighted by Gasteiger charge is -2.30. The summed E-state index contributed by atoms with van der Waals surface area (Å²) in [7, 11) is 0. The van der Waals surface area contributed by atoms with E-state index in [4.69, 9.17) is 4.74 Å². The molecule has 0 atom stereocenters. The highest BCUT2D eigenvalue weighted by Gasteiger charge is 2.52. The van der Waals surface area contributed by atoms with Crippen LogP contribution in [0.25, 0.3) is 0 Å². The minimum atomic E-state index is -0.913. The zero-order valence-corrected chi connectivity index (χ0v) is 15.6. The molecule has 28 heavy (non-hydrogen) atoms. The van der Waals surface area contributed by atoms with Gasteiger partial charge in [-0.05, 0) is 55.4 Å². The van der Waals surface area contributed by atoms with E-state index in [1.54, 1.807) is 12.1 Å². The summed E-state index contributed by atoms with van der Waals surface area (Å²) < 4.78 is 5.05. The number of nitrogens with zero attached hydrogens (tertiary/aromatic N) is 1. The topological polar surface area (TPSA) is 105 Å². The smallest absolute Gasteiger partial charge is 0.344 e. The fourth-order valence-electron chi connectivity index (χ4n) is 4.29. The van der Waals surface area contributed by atoms with Gasteiger partial charge in [-0.2, -0.15) is 5.01 Å². The number of hydrazine groups is 1. The SMILES string of the molecule is O=C(COC(=O)c1ccc2c(c1)CCC2)NN1C(=O)NC2(CCCCC2)C1=O. The number of imide groups is 1. The highest BCUT2D eigenvalue weighted by molar-refractivity contribution is 6.08. The predicted octanol–water partition coefficient (Wildman–Crippen LogP) is 1.62. The van der Waals surface area contributed by atoms with Gasteiger partial charge in [-0.1, -0.05) is 25.3 Å². The average molecular weight is 385 g/mol. The van der Waals surface area contributed by atoms with Gasteiger partial charge in [-0.25, -0.2) is 9.59 Å². The van der Waals surface area contributed by atoms with Crippen LogP contribution in [0.4, 0.5) is 4.79 Å². The van der Waals surface area contributed by atoms with E-state index < -0.39 is 36.0 Å². The number of esters is 1. The number of carbonyl (C=O) groups is 4. The zero-order chi connectivity index (χ0) is 19.7. The number of aryl methyl sites for hydroxylation is 2. The van der Waals surface area contributed by atoms with E-state index in [9.17, 15) is 19.2 Å². The van der Waals surface area contributed by atoms with Gasteiger partial charge in [0.2, 0.25) is 0 Å². The zero-order valence-electron chi connectivity index (χ0n) is 15.6. The highest BCUT2D eigenvalue weighted by Crippen LogP contribution is 2.33. The molecule has 2 aliphatic carbocycles. The number of ether oxygens (including phenoxy) is 1. The molecule has 1 aromatic carbocycles. The number of urea groups is 1. The molecular formula is C20H23N3O5. The average Bonchev–Trinajstić information content (AvgIpc) is 3.25. The van der Waals surface area contributed by atoms with Crippen molar-refractivity contribution >= 4 is 23.8 Å². The van der Waals surface area contributed by atoms with Gasteiger partial charge in [-0.15, -0.1) is 0 Å². The summed E-state index contributed by atoms with van der Waals surface area (Å²) >= 11 is 0. The second kappa shape index (κ2) is 7.26. The van der Waals surface area contributed by atoms with E-state index in [1.165, 1.54) is 5.56 Å². The number of carbonyl (C=O) groups excluding carboxylic acids is 4. The lowest BCUT2D eigenvalue weighted by atomic mass is 9.82. The molecule has 1 aliphatic heterocycles. The first-order valence-electron chi connectivity index (χ1n) is 9.74. The quantitative estimate of drug-likeness (QED) is 0.605. The van der Waals surface area contributed by atoms with Crippen LogP contribution in [0.5, 0.6) is 0 Å². The molecule has 2 N–H and O–H groups in total. The first-order valence-corrected chi connectivity index (χ1v) is 9.74. The van der Waals surface area contributed by atoms with Crippen molar-refractivity contribution < 1.29 is 23.9 Å². The number of benzene rings is 1. The molecule has 148 valence electrons. The maximum absolute atomic E-state index is 12.6. The van der Waals surface area contributed by atoms with Crippen LogP contribution in [0.15, 0.2) is 18.2 Å². The Bertz CT molecular complexity index is 844. The van der Waals surface area contributed by atoms with Gasteiger partial charge >= 0.3 is 12.0 Å². The molecule has 0 radical (unpaired) electrons. The van der Waals surface area contributed by atoms with Crippen LogP contribution in [0.1, 0.15) is 60.0 Å². The Hall–Kier alpha value is -2.90. The molecule has 1 spiro atoms. The van der Waals surface area contributed by atoms with Gasteiger partial charge < -0.3 is 10.1 Å². The Morgan fingerprint density at radius 3 is 2.61 bits per heavy atom. The first kappa shape index (κ1) is 18.5. The predicted molar refractivity (Wildman–Crippen MR) is 98.1 cm³/mol. The number of nitrogens with one attached hydrogen (secondary N) is 2. The molecule has 1 heterocycles. The lowest BCUT2D eigenvalue weighted by molar-refractivity contribution is -0.140. The standard InChI is InChI=1S/C20H23N3O5/c24-16(12-28-17(25)15-8-7-13-5-4-6-14(13)11-15)22-23-18(26)20(21-19(23)27)9-2-1-3-10-20/h7-8,11H,1-6,9-10,12H2,(H,21,27)(H,22,24). The number of fused-ring (bicyclic) bond motifs is 1. The van der Waals surface area contributed by atoms with Crippen molar-refractivity contribution in [3.05, 3.63) is 34.9 Å². The molecule has 0 bridgehead atoms. The van der Waals surface area contributed by atoms with Crippen molar-refractivity contribution in [2.75, 3.05) is 6.61 Å². The maximum Gasteiger partial charge on any atom is 0.344 e. The Labute approximate surface area is 162 Å². The van der Waals surface area contributed by atoms with Gasteiger partial charge in [0.15, 0.2) is 6.61 Å². The molecule has 1 saturated heterocycles. The molecule has 8 heteroatoms. The number of hydrogen-bond acceptors (Lipinski definition) is 5. The third-order valence-corrected chi connectivity index (χ3v) is 5.77. The molecule has 3 aliphatic rings. The molecule has 2 fully saturated rings. The van der Waals surface area contributed by atoms with Crippen LogP contribution in [0.3, 0.4) is 0 Å². The van der Waals surface area contributed by atoms with E-state index in [0.717, 1.165) is 44.1 Å². The van der Waals surface area contributed by atoms with Crippen LogP contribution in [0.2, 0.25) is 0 Å². The highest BCUT2D eigenvalue weighted by atomic mass is 16.5. The second-order valence-corrected chi connectivity index (χ2v) is 7.66. The van der Waals surface area contributed by atoms with Crippen molar-refractivity contribution in [1.29, 1.82) is 0 Å². The Morgan fingerprint density at radius 1 is 1.07 bits per heavy atom. The van der Waals surface area contributed by atoms with Gasteiger partial charge in [0.05, 0.1) is 5.56 Å². The molecule has 4 rings (SSSR count). The number of rotatable bonds is 4. The Balaban J connectivity index is 1.32. The van der Waals surface area contributed by atoms with E-state index in [-0.39, 0.29) is 0 Å². The maximum atomic E-state index is 12.6. The lowest BCUT2D eigenvalue weighted by Crippen LogP contribution is -2.51. The van der Waals surface area contributed by atoms with Crippen molar-refractivity contribution in [3.63, 3.8) is 0 Å². The number of amides is 4. The fourth-order valence-corrected chi connectivity index (χ4v) is 4.29. The third-order valence-electron chi connectivity index (χ3n) is 5.77. The van der Waals surface area contributed by atoms with Crippen LogP contribution in [-0.2, 0) is 27.2 Å². The van der Waals surface area contributed by atoms with E-state index >= 15 is 0 Å². The molecule has 0 unspecified atom stereocenters. The van der Waals surface area contributed by atoms with Gasteiger partial charge in [0.1, 0.15) is 5.54 Å². The summed E-state index contributed by atoms with van der Waals surface area (Å²) in [5.41, 5.74) is 4.11. The van der Waals surface area contributed by atoms with Crippen molar-refractivity contribution in [2.24, 2.45) is 0 Å². The fraction of sp³-hybridized carbons (Fsp3) is 0.500.